The van der Waals surface area contributed by atoms with E-state index in [-0.39, 0.29) is 29.2 Å². The minimum atomic E-state index is -0.964. The zero-order valence-corrected chi connectivity index (χ0v) is 36.2. The molecule has 0 spiro atoms. The van der Waals surface area contributed by atoms with Crippen molar-refractivity contribution in [3.05, 3.63) is 173 Å². The number of nitrogens with zero attached hydrogens (tertiary/aromatic N) is 1. The van der Waals surface area contributed by atoms with E-state index >= 15 is 0 Å². The number of amides is 2. The van der Waals surface area contributed by atoms with Gasteiger partial charge in [0.1, 0.15) is 11.4 Å². The Hall–Kier alpha value is -5.78. The third kappa shape index (κ3) is 11.7. The van der Waals surface area contributed by atoms with Gasteiger partial charge in [0.15, 0.2) is 12.4 Å². The van der Waals surface area contributed by atoms with Crippen molar-refractivity contribution in [3.8, 4) is 0 Å². The van der Waals surface area contributed by atoms with Gasteiger partial charge in [-0.05, 0) is 99.0 Å². The quantitative estimate of drug-likeness (QED) is 0.0748. The number of carbonyl (C=O) groups excluding carboxylic acids is 4. The van der Waals surface area contributed by atoms with E-state index in [2.05, 4.69) is 83.4 Å². The molecule has 9 nitrogen and oxygen atoms in total. The Balaban J connectivity index is 1.31. The minimum Gasteiger partial charge on any atom is -0.458 e. The number of carbonyl (C=O) groups is 4. The summed E-state index contributed by atoms with van der Waals surface area (Å²) in [5.41, 5.74) is 4.98. The lowest BCUT2D eigenvalue weighted by molar-refractivity contribution is -0.146. The average molecular weight is 844 g/mol. The topological polar surface area (TPSA) is 114 Å². The molecule has 0 aliphatic carbocycles. The minimum absolute atomic E-state index is 0.126. The van der Waals surface area contributed by atoms with Crippen LogP contribution in [0.2, 0.25) is 0 Å². The van der Waals surface area contributed by atoms with Crippen LogP contribution in [0.1, 0.15) is 79.2 Å². The van der Waals surface area contributed by atoms with Crippen LogP contribution in [0.5, 0.6) is 0 Å². The van der Waals surface area contributed by atoms with Crippen molar-refractivity contribution in [1.82, 2.24) is 10.6 Å². The molecule has 1 fully saturated rings. The van der Waals surface area contributed by atoms with Crippen LogP contribution in [-0.4, -0.2) is 66.4 Å². The maximum absolute atomic E-state index is 14.2. The molecular weight excluding hydrogens is 790 g/mol. The maximum atomic E-state index is 14.2. The molecule has 318 valence electrons. The van der Waals surface area contributed by atoms with Crippen LogP contribution in [0, 0.1) is 5.82 Å². The van der Waals surface area contributed by atoms with Gasteiger partial charge < -0.3 is 20.1 Å². The third-order valence-electron chi connectivity index (χ3n) is 10.6. The Morgan fingerprint density at radius 1 is 0.820 bits per heavy atom. The predicted octanol–water partition coefficient (Wildman–Crippen LogP) is 9.06. The standard InChI is InChI=1S/C50H54FN3O6S/c1-34(46(56)33-59-35(2)55)53-47(57)45-30-43(28-25-37(45)24-21-36-22-26-41(51)27-23-36)54(48(58)60-49(3,4)5)32-42-29-44(31-52-42)61-50(38-15-9-6-10-16-38,39-17-11-7-12-18-39)40-19-13-8-14-20-40/h6-20,22-23,25-28,30,34,42,44,52H,21,24,29,31-33H2,1-5H3,(H,53,57)/t34-,42?,44?/m0/s1. The summed E-state index contributed by atoms with van der Waals surface area (Å²) in [4.78, 5) is 53.9. The molecular formula is C50H54FN3O6S. The number of aryl methyl sites for hydroxylation is 2. The summed E-state index contributed by atoms with van der Waals surface area (Å²) in [6.07, 6.45) is 1.11. The fourth-order valence-corrected chi connectivity index (χ4v) is 9.38. The first-order chi connectivity index (χ1) is 29.2. The van der Waals surface area contributed by atoms with Gasteiger partial charge in [-0.15, -0.1) is 11.8 Å². The largest absolute Gasteiger partial charge is 0.458 e. The monoisotopic (exact) mass is 843 g/mol. The SMILES string of the molecule is CC(=O)OCC(=O)[C@H](C)NC(=O)c1cc(N(CC2CC(SC(c3ccccc3)(c3ccccc3)c3ccccc3)CN2)C(=O)OC(C)(C)C)ccc1CCc1ccc(F)cc1. The lowest BCUT2D eigenvalue weighted by Crippen LogP contribution is -2.44. The highest BCUT2D eigenvalue weighted by Gasteiger charge is 2.42. The highest BCUT2D eigenvalue weighted by Crippen LogP contribution is 2.51. The number of ketones is 1. The normalized spacial score (nSPS) is 15.7. The molecule has 1 saturated heterocycles. The molecule has 1 aliphatic heterocycles. The average Bonchev–Trinajstić information content (AvgIpc) is 3.70. The molecule has 0 saturated carbocycles. The molecule has 6 rings (SSSR count). The van der Waals surface area contributed by atoms with Gasteiger partial charge in [0.05, 0.1) is 10.8 Å². The first-order valence-electron chi connectivity index (χ1n) is 20.6. The molecule has 61 heavy (non-hydrogen) atoms. The lowest BCUT2D eigenvalue weighted by Gasteiger charge is -2.37. The molecule has 2 amide bonds. The number of anilines is 1. The van der Waals surface area contributed by atoms with Gasteiger partial charge in [0.25, 0.3) is 5.91 Å². The number of Topliss-reactive ketones (excluding diaryl/α,β-unsaturated/α-hetero) is 1. The highest BCUT2D eigenvalue weighted by atomic mass is 32.2. The Bertz CT molecular complexity index is 2170. The molecule has 0 bridgehead atoms. The zero-order valence-electron chi connectivity index (χ0n) is 35.4. The van der Waals surface area contributed by atoms with Crippen molar-refractivity contribution in [2.45, 2.75) is 81.6 Å². The molecule has 3 atom stereocenters. The molecule has 0 radical (unpaired) electrons. The molecule has 1 aliphatic rings. The predicted molar refractivity (Wildman–Crippen MR) is 239 cm³/mol. The Morgan fingerprint density at radius 2 is 1.39 bits per heavy atom. The summed E-state index contributed by atoms with van der Waals surface area (Å²) in [6, 6.07) is 42.1. The molecule has 1 heterocycles. The van der Waals surface area contributed by atoms with Crippen LogP contribution in [0.3, 0.4) is 0 Å². The Kier molecular flexibility index (Phi) is 14.8. The fraction of sp³-hybridized carbons (Fsp3) is 0.320. The van der Waals surface area contributed by atoms with Crippen molar-refractivity contribution in [2.24, 2.45) is 0 Å². The van der Waals surface area contributed by atoms with E-state index in [1.54, 1.807) is 23.1 Å². The van der Waals surface area contributed by atoms with Crippen LogP contribution in [0.25, 0.3) is 0 Å². The summed E-state index contributed by atoms with van der Waals surface area (Å²) in [7, 11) is 0. The number of ether oxygens (including phenoxy) is 2. The van der Waals surface area contributed by atoms with Crippen molar-refractivity contribution in [1.29, 1.82) is 0 Å². The van der Waals surface area contributed by atoms with Gasteiger partial charge >= 0.3 is 12.1 Å². The number of nitrogens with one attached hydrogen (secondary N) is 2. The molecule has 5 aromatic rings. The smallest absolute Gasteiger partial charge is 0.414 e. The summed E-state index contributed by atoms with van der Waals surface area (Å²) in [5.74, 6) is -1.95. The van der Waals surface area contributed by atoms with Crippen LogP contribution in [-0.2, 0) is 36.7 Å². The van der Waals surface area contributed by atoms with E-state index < -0.39 is 46.7 Å². The van der Waals surface area contributed by atoms with Crippen LogP contribution in [0.4, 0.5) is 14.9 Å². The second-order valence-electron chi connectivity index (χ2n) is 16.4. The van der Waals surface area contributed by atoms with Crippen molar-refractivity contribution in [2.75, 3.05) is 24.6 Å². The lowest BCUT2D eigenvalue weighted by atomic mass is 9.84. The van der Waals surface area contributed by atoms with Gasteiger partial charge in [0.2, 0.25) is 0 Å². The van der Waals surface area contributed by atoms with E-state index in [9.17, 15) is 23.6 Å². The summed E-state index contributed by atoms with van der Waals surface area (Å²) >= 11 is 1.90. The molecule has 2 unspecified atom stereocenters. The number of esters is 1. The van der Waals surface area contributed by atoms with E-state index in [0.717, 1.165) is 12.0 Å². The molecule has 5 aromatic carbocycles. The van der Waals surface area contributed by atoms with Crippen molar-refractivity contribution in [3.63, 3.8) is 0 Å². The summed E-state index contributed by atoms with van der Waals surface area (Å²) in [5, 5.41) is 6.61. The second-order valence-corrected chi connectivity index (χ2v) is 17.9. The van der Waals surface area contributed by atoms with E-state index in [1.165, 1.54) is 42.7 Å². The number of thioether (sulfide) groups is 1. The third-order valence-corrected chi connectivity index (χ3v) is 12.3. The number of halogens is 1. The van der Waals surface area contributed by atoms with Crippen LogP contribution in [0.15, 0.2) is 133 Å². The summed E-state index contributed by atoms with van der Waals surface area (Å²) in [6.45, 7) is 8.65. The van der Waals surface area contributed by atoms with Crippen LogP contribution < -0.4 is 15.5 Å². The van der Waals surface area contributed by atoms with Gasteiger partial charge in [0, 0.05) is 42.6 Å². The number of hydrogen-bond donors (Lipinski definition) is 2. The molecule has 2 N–H and O–H groups in total. The van der Waals surface area contributed by atoms with Gasteiger partial charge in [-0.3, -0.25) is 19.3 Å². The molecule has 0 aromatic heterocycles. The zero-order chi connectivity index (χ0) is 43.6. The number of benzene rings is 5. The first-order valence-corrected chi connectivity index (χ1v) is 21.5. The number of hydrogen-bond acceptors (Lipinski definition) is 8. The van der Waals surface area contributed by atoms with Gasteiger partial charge in [-0.25, -0.2) is 9.18 Å². The fourth-order valence-electron chi connectivity index (χ4n) is 7.55. The maximum Gasteiger partial charge on any atom is 0.414 e. The first kappa shape index (κ1) is 44.8. The van der Waals surface area contributed by atoms with Crippen molar-refractivity contribution >= 4 is 41.2 Å². The van der Waals surface area contributed by atoms with Crippen molar-refractivity contribution < 1.29 is 33.0 Å². The van der Waals surface area contributed by atoms with E-state index in [0.29, 0.717) is 30.6 Å². The van der Waals surface area contributed by atoms with Gasteiger partial charge in [-0.1, -0.05) is 109 Å². The van der Waals surface area contributed by atoms with Crippen LogP contribution >= 0.6 is 11.8 Å². The van der Waals surface area contributed by atoms with E-state index in [1.807, 2.05) is 62.9 Å². The number of rotatable bonds is 16. The van der Waals surface area contributed by atoms with E-state index in [4.69, 9.17) is 9.47 Å². The van der Waals surface area contributed by atoms with Gasteiger partial charge in [-0.2, -0.15) is 0 Å². The Labute approximate surface area is 362 Å². The summed E-state index contributed by atoms with van der Waals surface area (Å²) < 4.78 is 24.0. The molecule has 11 heteroatoms. The highest BCUT2D eigenvalue weighted by molar-refractivity contribution is 8.01. The Morgan fingerprint density at radius 3 is 1.93 bits per heavy atom. The second kappa shape index (κ2) is 20.2.